The topological polar surface area (TPSA) is 138 Å². The number of carboxylic acid groups (broad SMARTS) is 1. The molecule has 0 aliphatic carbocycles. The second kappa shape index (κ2) is 7.79. The Morgan fingerprint density at radius 3 is 2.68 bits per heavy atom. The van der Waals surface area contributed by atoms with Crippen LogP contribution in [0.3, 0.4) is 0 Å². The van der Waals surface area contributed by atoms with Crippen molar-refractivity contribution < 1.29 is 19.1 Å². The molecule has 25 heavy (non-hydrogen) atoms. The molecule has 1 amide bonds. The zero-order chi connectivity index (χ0) is 18.6. The molecular weight excluding hydrogens is 351 g/mol. The number of aliphatic carboxylic acids is 1. The van der Waals surface area contributed by atoms with E-state index in [1.54, 1.807) is 6.92 Å². The van der Waals surface area contributed by atoms with Crippen LogP contribution in [0.1, 0.15) is 23.7 Å². The van der Waals surface area contributed by atoms with Crippen molar-refractivity contribution in [2.75, 3.05) is 11.1 Å². The predicted octanol–water partition coefficient (Wildman–Crippen LogP) is 1.70. The molecule has 0 bridgehead atoms. The molecule has 1 atom stereocenters. The molecule has 10 heteroatoms. The van der Waals surface area contributed by atoms with Crippen molar-refractivity contribution >= 4 is 35.1 Å². The number of halogens is 1. The molecule has 0 saturated carbocycles. The van der Waals surface area contributed by atoms with Gasteiger partial charge in [-0.2, -0.15) is 0 Å². The van der Waals surface area contributed by atoms with Gasteiger partial charge >= 0.3 is 5.97 Å². The SMILES string of the molecule is CC[C@H](Sc1nc(N)c(NC(=O)c2ccccc2F)c(=O)[nH]1)C(=O)O. The van der Waals surface area contributed by atoms with Gasteiger partial charge < -0.3 is 16.2 Å². The van der Waals surface area contributed by atoms with Crippen LogP contribution < -0.4 is 16.6 Å². The number of nitrogens with two attached hydrogens (primary N) is 1. The van der Waals surface area contributed by atoms with Gasteiger partial charge in [-0.1, -0.05) is 30.8 Å². The fourth-order valence-corrected chi connectivity index (χ4v) is 2.75. The molecule has 8 nitrogen and oxygen atoms in total. The number of anilines is 2. The van der Waals surface area contributed by atoms with Crippen molar-refractivity contribution in [3.63, 3.8) is 0 Å². The maximum absolute atomic E-state index is 13.6. The normalized spacial score (nSPS) is 11.8. The largest absolute Gasteiger partial charge is 0.480 e. The van der Waals surface area contributed by atoms with Gasteiger partial charge in [0.1, 0.15) is 16.8 Å². The Morgan fingerprint density at radius 2 is 2.12 bits per heavy atom. The van der Waals surface area contributed by atoms with Crippen LogP contribution in [0.25, 0.3) is 0 Å². The number of hydrogen-bond donors (Lipinski definition) is 4. The number of thioether (sulfide) groups is 1. The lowest BCUT2D eigenvalue weighted by Crippen LogP contribution is -2.24. The van der Waals surface area contributed by atoms with E-state index in [-0.39, 0.29) is 22.2 Å². The summed E-state index contributed by atoms with van der Waals surface area (Å²) < 4.78 is 13.6. The smallest absolute Gasteiger partial charge is 0.317 e. The van der Waals surface area contributed by atoms with Crippen molar-refractivity contribution in [3.05, 3.63) is 46.0 Å². The van der Waals surface area contributed by atoms with E-state index in [2.05, 4.69) is 15.3 Å². The number of rotatable bonds is 6. The van der Waals surface area contributed by atoms with Gasteiger partial charge in [0.15, 0.2) is 11.0 Å². The molecule has 0 saturated heterocycles. The van der Waals surface area contributed by atoms with Gasteiger partial charge in [0.05, 0.1) is 5.56 Å². The van der Waals surface area contributed by atoms with Crippen LogP contribution in [0.4, 0.5) is 15.9 Å². The lowest BCUT2D eigenvalue weighted by Gasteiger charge is -2.11. The van der Waals surface area contributed by atoms with Gasteiger partial charge in [-0.25, -0.2) is 9.37 Å². The van der Waals surface area contributed by atoms with Gasteiger partial charge in [-0.3, -0.25) is 19.4 Å². The van der Waals surface area contributed by atoms with Gasteiger partial charge in [0.25, 0.3) is 11.5 Å². The highest BCUT2D eigenvalue weighted by atomic mass is 32.2. The van der Waals surface area contributed by atoms with Crippen LogP contribution in [0.5, 0.6) is 0 Å². The summed E-state index contributed by atoms with van der Waals surface area (Å²) in [6.45, 7) is 1.68. The summed E-state index contributed by atoms with van der Waals surface area (Å²) in [5.41, 5.74) is 4.33. The maximum atomic E-state index is 13.6. The Morgan fingerprint density at radius 1 is 1.44 bits per heavy atom. The molecule has 2 rings (SSSR count). The quantitative estimate of drug-likeness (QED) is 0.451. The number of aromatic nitrogens is 2. The monoisotopic (exact) mass is 366 g/mol. The molecule has 0 radical (unpaired) electrons. The summed E-state index contributed by atoms with van der Waals surface area (Å²) >= 11 is 0.833. The number of nitrogens with zero attached hydrogens (tertiary/aromatic N) is 1. The lowest BCUT2D eigenvalue weighted by molar-refractivity contribution is -0.136. The Bertz CT molecular complexity index is 871. The number of benzene rings is 1. The van der Waals surface area contributed by atoms with E-state index >= 15 is 0 Å². The molecule has 0 fully saturated rings. The third kappa shape index (κ3) is 4.35. The van der Waals surface area contributed by atoms with E-state index in [9.17, 15) is 18.8 Å². The zero-order valence-corrected chi connectivity index (χ0v) is 13.9. The number of nitrogen functional groups attached to an aromatic ring is 1. The Balaban J connectivity index is 2.26. The summed E-state index contributed by atoms with van der Waals surface area (Å²) in [7, 11) is 0. The van der Waals surface area contributed by atoms with Gasteiger partial charge in [0, 0.05) is 0 Å². The van der Waals surface area contributed by atoms with Crippen LogP contribution in [-0.2, 0) is 4.79 Å². The van der Waals surface area contributed by atoms with Crippen molar-refractivity contribution in [3.8, 4) is 0 Å². The van der Waals surface area contributed by atoms with E-state index in [1.165, 1.54) is 18.2 Å². The van der Waals surface area contributed by atoms with Crippen molar-refractivity contribution in [1.29, 1.82) is 0 Å². The molecule has 0 aliphatic heterocycles. The van der Waals surface area contributed by atoms with Crippen molar-refractivity contribution in [1.82, 2.24) is 9.97 Å². The number of aromatic amines is 1. The average molecular weight is 366 g/mol. The number of amides is 1. The molecule has 0 unspecified atom stereocenters. The van der Waals surface area contributed by atoms with E-state index in [4.69, 9.17) is 10.8 Å². The summed E-state index contributed by atoms with van der Waals surface area (Å²) in [6.07, 6.45) is 0.315. The third-order valence-corrected chi connectivity index (χ3v) is 4.42. The third-order valence-electron chi connectivity index (χ3n) is 3.18. The molecule has 1 heterocycles. The van der Waals surface area contributed by atoms with Crippen LogP contribution in [0.15, 0.2) is 34.2 Å². The first-order chi connectivity index (χ1) is 11.8. The first kappa shape index (κ1) is 18.5. The van der Waals surface area contributed by atoms with Gasteiger partial charge in [0.2, 0.25) is 0 Å². The maximum Gasteiger partial charge on any atom is 0.317 e. The fraction of sp³-hybridized carbons (Fsp3) is 0.200. The minimum Gasteiger partial charge on any atom is -0.480 e. The van der Waals surface area contributed by atoms with Crippen molar-refractivity contribution in [2.45, 2.75) is 23.8 Å². The highest BCUT2D eigenvalue weighted by molar-refractivity contribution is 8.00. The molecule has 5 N–H and O–H groups in total. The van der Waals surface area contributed by atoms with E-state index < -0.39 is 28.5 Å². The molecule has 1 aromatic heterocycles. The molecule has 1 aromatic carbocycles. The highest BCUT2D eigenvalue weighted by Gasteiger charge is 2.20. The first-order valence-corrected chi connectivity index (χ1v) is 8.06. The lowest BCUT2D eigenvalue weighted by atomic mass is 10.2. The summed E-state index contributed by atoms with van der Waals surface area (Å²) in [6, 6.07) is 5.26. The van der Waals surface area contributed by atoms with Crippen molar-refractivity contribution in [2.24, 2.45) is 0 Å². The highest BCUT2D eigenvalue weighted by Crippen LogP contribution is 2.23. The number of nitrogens with one attached hydrogen (secondary N) is 2. The second-order valence-corrected chi connectivity index (χ2v) is 6.11. The molecule has 0 spiro atoms. The van der Waals surface area contributed by atoms with Gasteiger partial charge in [-0.15, -0.1) is 0 Å². The molecule has 132 valence electrons. The number of H-pyrrole nitrogens is 1. The van der Waals surface area contributed by atoms with E-state index in [0.29, 0.717) is 6.42 Å². The van der Waals surface area contributed by atoms with E-state index in [1.807, 2.05) is 0 Å². The van der Waals surface area contributed by atoms with Crippen LogP contribution in [0.2, 0.25) is 0 Å². The number of hydrogen-bond acceptors (Lipinski definition) is 6. The Kier molecular flexibility index (Phi) is 5.75. The fourth-order valence-electron chi connectivity index (χ4n) is 1.92. The average Bonchev–Trinajstić information content (AvgIpc) is 2.56. The molecular formula is C15H15FN4O4S. The van der Waals surface area contributed by atoms with Crippen LogP contribution in [0, 0.1) is 5.82 Å². The zero-order valence-electron chi connectivity index (χ0n) is 13.1. The van der Waals surface area contributed by atoms with Crippen LogP contribution in [-0.4, -0.2) is 32.2 Å². The van der Waals surface area contributed by atoms with Crippen LogP contribution >= 0.6 is 11.8 Å². The minimum atomic E-state index is -1.05. The predicted molar refractivity (Wildman–Crippen MR) is 91.2 cm³/mol. The number of carbonyl (C=O) groups is 2. The summed E-state index contributed by atoms with van der Waals surface area (Å²) in [4.78, 5) is 41.5. The first-order valence-electron chi connectivity index (χ1n) is 7.18. The summed E-state index contributed by atoms with van der Waals surface area (Å²) in [5.74, 6) is -2.95. The Hall–Kier alpha value is -2.88. The molecule has 0 aliphatic rings. The summed E-state index contributed by atoms with van der Waals surface area (Å²) in [5, 5.41) is 10.5. The number of carbonyl (C=O) groups excluding carboxylic acids is 1. The van der Waals surface area contributed by atoms with Gasteiger partial charge in [-0.05, 0) is 18.6 Å². The van der Waals surface area contributed by atoms with E-state index in [0.717, 1.165) is 17.8 Å². The Labute approximate surface area is 145 Å². The second-order valence-electron chi connectivity index (χ2n) is 4.92. The number of carboxylic acids is 1. The minimum absolute atomic E-state index is 0.0145. The standard InChI is InChI=1S/C15H15FN4O4S/c1-2-9(14(23)24)25-15-19-11(17)10(13(22)20-15)18-12(21)7-5-3-4-6-8(7)16/h3-6,9H,2H2,1H3,(H,18,21)(H,23,24)(H3,17,19,20,22)/t9-/m0/s1. The molecule has 2 aromatic rings.